The molecule has 0 aliphatic carbocycles. The molecule has 0 saturated heterocycles. The first-order valence-electron chi connectivity index (χ1n) is 8.40. The van der Waals surface area contributed by atoms with E-state index in [4.69, 9.17) is 16.3 Å². The normalized spacial score (nSPS) is 13.4. The Hall–Kier alpha value is -2.61. The molecular weight excluding hydrogens is 370 g/mol. The van der Waals surface area contributed by atoms with E-state index in [1.54, 1.807) is 37.3 Å². The number of amides is 1. The second kappa shape index (κ2) is 7.56. The van der Waals surface area contributed by atoms with Gasteiger partial charge in [-0.05, 0) is 44.2 Å². The highest BCUT2D eigenvalue weighted by atomic mass is 35.5. The number of nitrogens with zero attached hydrogens (tertiary/aromatic N) is 1. The SMILES string of the molecule is CCOc1cc(C(C)(O)CO)cnc1NC(=O)c1cc2cc(Cl)ccc2[nH]1. The highest BCUT2D eigenvalue weighted by Crippen LogP contribution is 2.29. The average Bonchev–Trinajstić information content (AvgIpc) is 3.06. The monoisotopic (exact) mass is 389 g/mol. The Labute approximate surface area is 161 Å². The maximum Gasteiger partial charge on any atom is 0.273 e. The number of hydrogen-bond acceptors (Lipinski definition) is 5. The number of pyridine rings is 1. The molecule has 3 aromatic rings. The van der Waals surface area contributed by atoms with Crippen molar-refractivity contribution in [2.75, 3.05) is 18.5 Å². The third-order valence-corrected chi connectivity index (χ3v) is 4.38. The molecule has 2 aromatic heterocycles. The molecule has 142 valence electrons. The lowest BCUT2D eigenvalue weighted by Crippen LogP contribution is -2.26. The lowest BCUT2D eigenvalue weighted by Gasteiger charge is -2.22. The number of aliphatic hydroxyl groups excluding tert-OH is 1. The minimum atomic E-state index is -1.46. The Morgan fingerprint density at radius 3 is 2.85 bits per heavy atom. The average molecular weight is 390 g/mol. The molecule has 1 unspecified atom stereocenters. The topological polar surface area (TPSA) is 107 Å². The van der Waals surface area contributed by atoms with Gasteiger partial charge in [0.15, 0.2) is 11.6 Å². The van der Waals surface area contributed by atoms with E-state index in [1.807, 2.05) is 0 Å². The van der Waals surface area contributed by atoms with E-state index >= 15 is 0 Å². The second-order valence-electron chi connectivity index (χ2n) is 6.30. The molecule has 0 radical (unpaired) electrons. The smallest absolute Gasteiger partial charge is 0.273 e. The fraction of sp³-hybridized carbons (Fsp3) is 0.263. The molecule has 0 bridgehead atoms. The van der Waals surface area contributed by atoms with Gasteiger partial charge in [0.25, 0.3) is 5.91 Å². The minimum Gasteiger partial charge on any atom is -0.490 e. The van der Waals surface area contributed by atoms with E-state index in [-0.39, 0.29) is 5.82 Å². The Balaban J connectivity index is 1.89. The molecule has 8 heteroatoms. The summed E-state index contributed by atoms with van der Waals surface area (Å²) in [5.41, 5.74) is 0.0595. The molecule has 1 atom stereocenters. The molecule has 0 spiro atoms. The Bertz CT molecular complexity index is 984. The standard InChI is InChI=1S/C19H20ClN3O4/c1-3-27-16-8-12(19(2,26)10-24)9-21-17(16)23-18(25)15-7-11-6-13(20)4-5-14(11)22-15/h4-9,22,24,26H,3,10H2,1-2H3,(H,21,23,25). The number of carbonyl (C=O) groups excluding carboxylic acids is 1. The van der Waals surface area contributed by atoms with Crippen LogP contribution in [-0.2, 0) is 5.60 Å². The first kappa shape index (κ1) is 19.2. The molecule has 0 aliphatic rings. The van der Waals surface area contributed by atoms with Crippen LogP contribution in [-0.4, -0.2) is 39.3 Å². The quantitative estimate of drug-likeness (QED) is 0.518. The molecule has 3 rings (SSSR count). The van der Waals surface area contributed by atoms with Gasteiger partial charge in [-0.25, -0.2) is 4.98 Å². The van der Waals surface area contributed by atoms with Crippen LogP contribution in [0, 0.1) is 0 Å². The van der Waals surface area contributed by atoms with Crippen LogP contribution in [0.1, 0.15) is 29.9 Å². The number of nitrogens with one attached hydrogen (secondary N) is 2. The fourth-order valence-corrected chi connectivity index (χ4v) is 2.77. The lowest BCUT2D eigenvalue weighted by atomic mass is 9.99. The summed E-state index contributed by atoms with van der Waals surface area (Å²) in [6.07, 6.45) is 1.39. The maximum absolute atomic E-state index is 12.6. The van der Waals surface area contributed by atoms with Crippen LogP contribution in [0.25, 0.3) is 10.9 Å². The van der Waals surface area contributed by atoms with Gasteiger partial charge < -0.3 is 25.3 Å². The Morgan fingerprint density at radius 1 is 1.37 bits per heavy atom. The zero-order chi connectivity index (χ0) is 19.6. The van der Waals surface area contributed by atoms with Gasteiger partial charge in [0.2, 0.25) is 0 Å². The van der Waals surface area contributed by atoms with Gasteiger partial charge in [0.05, 0.1) is 13.2 Å². The van der Waals surface area contributed by atoms with Gasteiger partial charge >= 0.3 is 0 Å². The van der Waals surface area contributed by atoms with Gasteiger partial charge in [0, 0.05) is 27.7 Å². The van der Waals surface area contributed by atoms with Crippen LogP contribution in [0.5, 0.6) is 5.75 Å². The van der Waals surface area contributed by atoms with Crippen LogP contribution >= 0.6 is 11.6 Å². The van der Waals surface area contributed by atoms with Crippen molar-refractivity contribution in [1.29, 1.82) is 0 Å². The summed E-state index contributed by atoms with van der Waals surface area (Å²) in [5, 5.41) is 23.6. The molecule has 4 N–H and O–H groups in total. The predicted octanol–water partition coefficient (Wildman–Crippen LogP) is 3.07. The second-order valence-corrected chi connectivity index (χ2v) is 6.74. The molecular formula is C19H20ClN3O4. The molecule has 0 aliphatic heterocycles. The number of anilines is 1. The molecule has 0 saturated carbocycles. The summed E-state index contributed by atoms with van der Waals surface area (Å²) < 4.78 is 5.53. The van der Waals surface area contributed by atoms with E-state index in [2.05, 4.69) is 15.3 Å². The van der Waals surface area contributed by atoms with E-state index in [0.717, 1.165) is 10.9 Å². The van der Waals surface area contributed by atoms with Crippen molar-refractivity contribution < 1.29 is 19.7 Å². The van der Waals surface area contributed by atoms with E-state index in [0.29, 0.717) is 28.6 Å². The Morgan fingerprint density at radius 2 is 2.15 bits per heavy atom. The van der Waals surface area contributed by atoms with Crippen LogP contribution in [0.2, 0.25) is 5.02 Å². The van der Waals surface area contributed by atoms with Crippen molar-refractivity contribution in [3.63, 3.8) is 0 Å². The lowest BCUT2D eigenvalue weighted by molar-refractivity contribution is -0.00270. The predicted molar refractivity (Wildman–Crippen MR) is 103 cm³/mol. The van der Waals surface area contributed by atoms with Crippen molar-refractivity contribution in [1.82, 2.24) is 9.97 Å². The van der Waals surface area contributed by atoms with Crippen molar-refractivity contribution in [3.05, 3.63) is 52.8 Å². The Kier molecular flexibility index (Phi) is 5.36. The van der Waals surface area contributed by atoms with Gasteiger partial charge in [-0.1, -0.05) is 11.6 Å². The molecule has 7 nitrogen and oxygen atoms in total. The number of aromatic nitrogens is 2. The number of halogens is 1. The molecule has 2 heterocycles. The number of carbonyl (C=O) groups is 1. The summed E-state index contributed by atoms with van der Waals surface area (Å²) >= 11 is 5.98. The highest BCUT2D eigenvalue weighted by Gasteiger charge is 2.24. The fourth-order valence-electron chi connectivity index (χ4n) is 2.59. The zero-order valence-corrected chi connectivity index (χ0v) is 15.7. The van der Waals surface area contributed by atoms with Crippen molar-refractivity contribution in [2.24, 2.45) is 0 Å². The summed E-state index contributed by atoms with van der Waals surface area (Å²) in [7, 11) is 0. The largest absolute Gasteiger partial charge is 0.490 e. The minimum absolute atomic E-state index is 0.219. The van der Waals surface area contributed by atoms with E-state index < -0.39 is 18.1 Å². The first-order chi connectivity index (χ1) is 12.8. The van der Waals surface area contributed by atoms with Crippen molar-refractivity contribution >= 4 is 34.2 Å². The molecule has 0 fully saturated rings. The maximum atomic E-state index is 12.6. The van der Waals surface area contributed by atoms with Crippen LogP contribution in [0.3, 0.4) is 0 Å². The van der Waals surface area contributed by atoms with Crippen LogP contribution in [0.4, 0.5) is 5.82 Å². The van der Waals surface area contributed by atoms with Gasteiger partial charge in [-0.3, -0.25) is 4.79 Å². The number of benzene rings is 1. The summed E-state index contributed by atoms with van der Waals surface area (Å²) in [6, 6.07) is 8.54. The van der Waals surface area contributed by atoms with E-state index in [1.165, 1.54) is 13.1 Å². The van der Waals surface area contributed by atoms with Gasteiger partial charge in [0.1, 0.15) is 11.3 Å². The number of fused-ring (bicyclic) bond motifs is 1. The summed E-state index contributed by atoms with van der Waals surface area (Å²) in [4.78, 5) is 19.8. The van der Waals surface area contributed by atoms with Gasteiger partial charge in [-0.15, -0.1) is 0 Å². The molecule has 1 aromatic carbocycles. The molecule has 1 amide bonds. The third-order valence-electron chi connectivity index (χ3n) is 4.14. The number of rotatable bonds is 6. The zero-order valence-electron chi connectivity index (χ0n) is 14.9. The number of hydrogen-bond donors (Lipinski definition) is 4. The number of H-pyrrole nitrogens is 1. The van der Waals surface area contributed by atoms with Crippen LogP contribution in [0.15, 0.2) is 36.5 Å². The number of aromatic amines is 1. The first-order valence-corrected chi connectivity index (χ1v) is 8.78. The molecule has 27 heavy (non-hydrogen) atoms. The van der Waals surface area contributed by atoms with Crippen molar-refractivity contribution in [3.8, 4) is 5.75 Å². The highest BCUT2D eigenvalue weighted by molar-refractivity contribution is 6.31. The van der Waals surface area contributed by atoms with Gasteiger partial charge in [-0.2, -0.15) is 0 Å². The van der Waals surface area contributed by atoms with E-state index in [9.17, 15) is 15.0 Å². The van der Waals surface area contributed by atoms with Crippen molar-refractivity contribution in [2.45, 2.75) is 19.4 Å². The summed E-state index contributed by atoms with van der Waals surface area (Å²) in [6.45, 7) is 3.14. The number of aliphatic hydroxyl groups is 2. The third kappa shape index (κ3) is 4.05. The summed E-state index contributed by atoms with van der Waals surface area (Å²) in [5.74, 6) is 0.129. The van der Waals surface area contributed by atoms with Crippen LogP contribution < -0.4 is 10.1 Å². The number of ether oxygens (including phenoxy) is 1.